The van der Waals surface area contributed by atoms with Gasteiger partial charge in [0, 0.05) is 44.4 Å². The van der Waals surface area contributed by atoms with Crippen molar-refractivity contribution in [1.82, 2.24) is 15.0 Å². The summed E-state index contributed by atoms with van der Waals surface area (Å²) < 4.78 is 0. The van der Waals surface area contributed by atoms with Gasteiger partial charge in [-0.15, -0.1) is 0 Å². The number of rotatable bonds is 3. The van der Waals surface area contributed by atoms with E-state index in [4.69, 9.17) is 4.98 Å². The highest BCUT2D eigenvalue weighted by molar-refractivity contribution is 5.54. The first kappa shape index (κ1) is 16.8. The zero-order chi connectivity index (χ0) is 17.9. The van der Waals surface area contributed by atoms with E-state index in [0.29, 0.717) is 11.5 Å². The number of hydrogen-bond donors (Lipinski definition) is 0. The van der Waals surface area contributed by atoms with Gasteiger partial charge < -0.3 is 9.80 Å². The zero-order valence-corrected chi connectivity index (χ0v) is 15.2. The third-order valence-corrected chi connectivity index (χ3v) is 5.32. The standard InChI is InChI=1S/C20H24N6/c1-15-23-18(12-19(24-15)25-9-2-3-10-25)17-7-5-11-26(14-17)20-16(13-21)6-4-8-22-20/h4,6,8,12,17H,2-3,5,7,9-11,14H2,1H3. The van der Waals surface area contributed by atoms with Crippen LogP contribution in [0.4, 0.5) is 11.6 Å². The molecule has 0 aromatic carbocycles. The number of anilines is 2. The molecular formula is C20H24N6. The smallest absolute Gasteiger partial charge is 0.146 e. The zero-order valence-electron chi connectivity index (χ0n) is 15.2. The molecule has 134 valence electrons. The fraction of sp³-hybridized carbons (Fsp3) is 0.500. The number of hydrogen-bond acceptors (Lipinski definition) is 6. The minimum Gasteiger partial charge on any atom is -0.357 e. The lowest BCUT2D eigenvalue weighted by atomic mass is 9.94. The summed E-state index contributed by atoms with van der Waals surface area (Å²) in [6.07, 6.45) is 6.44. The highest BCUT2D eigenvalue weighted by Crippen LogP contribution is 2.31. The fourth-order valence-electron chi connectivity index (χ4n) is 4.04. The predicted octanol–water partition coefficient (Wildman–Crippen LogP) is 3.04. The van der Waals surface area contributed by atoms with Crippen LogP contribution in [0.15, 0.2) is 24.4 Å². The molecule has 0 amide bonds. The van der Waals surface area contributed by atoms with E-state index in [1.54, 1.807) is 6.20 Å². The van der Waals surface area contributed by atoms with Crippen LogP contribution in [0, 0.1) is 18.3 Å². The van der Waals surface area contributed by atoms with Crippen LogP contribution in [-0.4, -0.2) is 41.1 Å². The van der Waals surface area contributed by atoms with E-state index in [2.05, 4.69) is 31.9 Å². The van der Waals surface area contributed by atoms with Crippen LogP contribution < -0.4 is 9.80 Å². The number of aryl methyl sites for hydroxylation is 1. The predicted molar refractivity (Wildman–Crippen MR) is 101 cm³/mol. The van der Waals surface area contributed by atoms with Gasteiger partial charge in [-0.05, 0) is 44.7 Å². The van der Waals surface area contributed by atoms with Gasteiger partial charge in [0.1, 0.15) is 23.5 Å². The summed E-state index contributed by atoms with van der Waals surface area (Å²) in [7, 11) is 0. The molecule has 0 saturated carbocycles. The number of nitriles is 1. The van der Waals surface area contributed by atoms with E-state index in [0.717, 1.165) is 62.2 Å². The van der Waals surface area contributed by atoms with Crippen molar-refractivity contribution in [3.8, 4) is 6.07 Å². The molecule has 0 spiro atoms. The Hall–Kier alpha value is -2.68. The van der Waals surface area contributed by atoms with E-state index >= 15 is 0 Å². The number of nitrogens with zero attached hydrogens (tertiary/aromatic N) is 6. The van der Waals surface area contributed by atoms with Crippen molar-refractivity contribution in [2.24, 2.45) is 0 Å². The molecule has 26 heavy (non-hydrogen) atoms. The number of pyridine rings is 1. The first-order valence-electron chi connectivity index (χ1n) is 9.45. The average Bonchev–Trinajstić information content (AvgIpc) is 3.22. The Bertz CT molecular complexity index is 821. The van der Waals surface area contributed by atoms with Gasteiger partial charge in [0.05, 0.1) is 11.3 Å². The van der Waals surface area contributed by atoms with E-state index in [9.17, 15) is 5.26 Å². The first-order chi connectivity index (χ1) is 12.7. The minimum atomic E-state index is 0.348. The number of piperidine rings is 1. The summed E-state index contributed by atoms with van der Waals surface area (Å²) >= 11 is 0. The molecule has 2 aliphatic rings. The molecule has 0 N–H and O–H groups in total. The molecular weight excluding hydrogens is 324 g/mol. The molecule has 1 atom stereocenters. The van der Waals surface area contributed by atoms with Gasteiger partial charge in [-0.2, -0.15) is 5.26 Å². The SMILES string of the molecule is Cc1nc(C2CCCN(c3ncccc3C#N)C2)cc(N2CCCC2)n1. The minimum absolute atomic E-state index is 0.348. The molecule has 2 aromatic heterocycles. The molecule has 6 heteroatoms. The normalized spacial score (nSPS) is 20.2. The van der Waals surface area contributed by atoms with Crippen molar-refractivity contribution in [3.63, 3.8) is 0 Å². The maximum absolute atomic E-state index is 9.38. The van der Waals surface area contributed by atoms with Crippen LogP contribution in [-0.2, 0) is 0 Å². The van der Waals surface area contributed by atoms with Gasteiger partial charge >= 0.3 is 0 Å². The second-order valence-corrected chi connectivity index (χ2v) is 7.16. The summed E-state index contributed by atoms with van der Waals surface area (Å²) in [5.74, 6) is 3.06. The molecule has 4 rings (SSSR count). The van der Waals surface area contributed by atoms with Crippen molar-refractivity contribution >= 4 is 11.6 Å². The summed E-state index contributed by atoms with van der Waals surface area (Å²) in [6, 6.07) is 8.10. The molecule has 0 aliphatic carbocycles. The Balaban J connectivity index is 1.59. The Morgan fingerprint density at radius 2 is 1.92 bits per heavy atom. The van der Waals surface area contributed by atoms with Gasteiger partial charge in [-0.1, -0.05) is 0 Å². The maximum atomic E-state index is 9.38. The second kappa shape index (κ2) is 7.28. The van der Waals surface area contributed by atoms with Gasteiger partial charge in [-0.3, -0.25) is 0 Å². The van der Waals surface area contributed by atoms with Crippen LogP contribution >= 0.6 is 0 Å². The van der Waals surface area contributed by atoms with Gasteiger partial charge in [0.15, 0.2) is 0 Å². The van der Waals surface area contributed by atoms with Crippen LogP contribution in [0.25, 0.3) is 0 Å². The molecule has 0 radical (unpaired) electrons. The summed E-state index contributed by atoms with van der Waals surface area (Å²) in [5.41, 5.74) is 1.77. The lowest BCUT2D eigenvalue weighted by molar-refractivity contribution is 0.497. The Morgan fingerprint density at radius 1 is 1.12 bits per heavy atom. The van der Waals surface area contributed by atoms with E-state index in [1.807, 2.05) is 19.1 Å². The van der Waals surface area contributed by atoms with Crippen molar-refractivity contribution in [1.29, 1.82) is 5.26 Å². The maximum Gasteiger partial charge on any atom is 0.146 e. The van der Waals surface area contributed by atoms with Crippen LogP contribution in [0.5, 0.6) is 0 Å². The molecule has 4 heterocycles. The van der Waals surface area contributed by atoms with Crippen molar-refractivity contribution < 1.29 is 0 Å². The summed E-state index contributed by atoms with van der Waals surface area (Å²) in [6.45, 7) is 5.95. The van der Waals surface area contributed by atoms with Crippen molar-refractivity contribution in [2.45, 2.75) is 38.5 Å². The lowest BCUT2D eigenvalue weighted by Gasteiger charge is -2.34. The quantitative estimate of drug-likeness (QED) is 0.849. The molecule has 0 bridgehead atoms. The van der Waals surface area contributed by atoms with Gasteiger partial charge in [0.25, 0.3) is 0 Å². The molecule has 1 unspecified atom stereocenters. The molecule has 2 aromatic rings. The van der Waals surface area contributed by atoms with Crippen LogP contribution in [0.2, 0.25) is 0 Å². The third kappa shape index (κ3) is 3.34. The van der Waals surface area contributed by atoms with Crippen molar-refractivity contribution in [3.05, 3.63) is 41.5 Å². The fourth-order valence-corrected chi connectivity index (χ4v) is 4.04. The molecule has 6 nitrogen and oxygen atoms in total. The Morgan fingerprint density at radius 3 is 2.73 bits per heavy atom. The van der Waals surface area contributed by atoms with E-state index in [-0.39, 0.29) is 0 Å². The van der Waals surface area contributed by atoms with Crippen LogP contribution in [0.3, 0.4) is 0 Å². The highest BCUT2D eigenvalue weighted by atomic mass is 15.2. The monoisotopic (exact) mass is 348 g/mol. The molecule has 2 fully saturated rings. The van der Waals surface area contributed by atoms with E-state index in [1.165, 1.54) is 12.8 Å². The van der Waals surface area contributed by atoms with Gasteiger partial charge in [-0.25, -0.2) is 15.0 Å². The third-order valence-electron chi connectivity index (χ3n) is 5.32. The lowest BCUT2D eigenvalue weighted by Crippen LogP contribution is -2.36. The average molecular weight is 348 g/mol. The molecule has 2 aliphatic heterocycles. The van der Waals surface area contributed by atoms with Crippen LogP contribution in [0.1, 0.15) is 48.7 Å². The largest absolute Gasteiger partial charge is 0.357 e. The Labute approximate surface area is 154 Å². The summed E-state index contributed by atoms with van der Waals surface area (Å²) in [4.78, 5) is 18.5. The van der Waals surface area contributed by atoms with Gasteiger partial charge in [0.2, 0.25) is 0 Å². The topological polar surface area (TPSA) is 68.9 Å². The highest BCUT2D eigenvalue weighted by Gasteiger charge is 2.26. The second-order valence-electron chi connectivity index (χ2n) is 7.16. The summed E-state index contributed by atoms with van der Waals surface area (Å²) in [5, 5.41) is 9.38. The molecule has 2 saturated heterocycles. The van der Waals surface area contributed by atoms with Crippen molar-refractivity contribution in [2.75, 3.05) is 36.0 Å². The number of aromatic nitrogens is 3. The first-order valence-corrected chi connectivity index (χ1v) is 9.45. The Kier molecular flexibility index (Phi) is 4.70. The van der Waals surface area contributed by atoms with E-state index < -0.39 is 0 Å².